The van der Waals surface area contributed by atoms with Crippen molar-refractivity contribution >= 4 is 28.4 Å². The van der Waals surface area contributed by atoms with Crippen LogP contribution in [0, 0.1) is 5.82 Å². The van der Waals surface area contributed by atoms with E-state index in [9.17, 15) is 13.7 Å². The van der Waals surface area contributed by atoms with Gasteiger partial charge in [-0.25, -0.2) is 13.8 Å². The molecule has 0 N–H and O–H groups in total. The van der Waals surface area contributed by atoms with E-state index in [1.54, 1.807) is 20.2 Å². The van der Waals surface area contributed by atoms with Crippen LogP contribution in [0.15, 0.2) is 35.6 Å². The normalized spacial score (nSPS) is 14.5. The van der Waals surface area contributed by atoms with E-state index in [-0.39, 0.29) is 24.2 Å². The number of carbonyl (C=O) groups is 1. The van der Waals surface area contributed by atoms with Gasteiger partial charge in [0.15, 0.2) is 12.5 Å². The second-order valence-corrected chi connectivity index (χ2v) is 8.40. The Morgan fingerprint density at radius 2 is 2.13 bits per heavy atom. The van der Waals surface area contributed by atoms with Gasteiger partial charge in [-0.1, -0.05) is 0 Å². The van der Waals surface area contributed by atoms with E-state index in [0.29, 0.717) is 28.4 Å². The van der Waals surface area contributed by atoms with Gasteiger partial charge in [0.25, 0.3) is 0 Å². The summed E-state index contributed by atoms with van der Waals surface area (Å²) in [4.78, 5) is 20.4. The number of aromatic nitrogens is 3. The van der Waals surface area contributed by atoms with Crippen LogP contribution >= 0.6 is 0 Å². The maximum absolute atomic E-state index is 13.8. The molecule has 2 aromatic heterocycles. The number of ether oxygens (including phenoxy) is 3. The molecule has 1 atom stereocenters. The highest BCUT2D eigenvalue weighted by molar-refractivity contribution is 7.90. The molecule has 1 aromatic carbocycles. The number of fused-ring (bicyclic) bond motifs is 1. The molecule has 10 heteroatoms. The molecule has 31 heavy (non-hydrogen) atoms. The molecule has 0 aliphatic heterocycles. The number of rotatable bonds is 8. The van der Waals surface area contributed by atoms with Crippen molar-refractivity contribution in [2.75, 3.05) is 13.7 Å². The quantitative estimate of drug-likeness (QED) is 0.381. The van der Waals surface area contributed by atoms with Crippen LogP contribution in [-0.4, -0.2) is 39.0 Å². The van der Waals surface area contributed by atoms with Gasteiger partial charge >= 0.3 is 11.3 Å². The minimum Gasteiger partial charge on any atom is -0.609 e. The van der Waals surface area contributed by atoms with Gasteiger partial charge in [-0.3, -0.25) is 4.98 Å². The molecule has 0 amide bonds. The third kappa shape index (κ3) is 4.59. The summed E-state index contributed by atoms with van der Waals surface area (Å²) >= 11 is -1.66. The van der Waals surface area contributed by atoms with Crippen molar-refractivity contribution < 1.29 is 27.9 Å². The van der Waals surface area contributed by atoms with Crippen LogP contribution in [0.25, 0.3) is 11.0 Å². The molecule has 1 aliphatic rings. The Balaban J connectivity index is 1.66. The predicted molar refractivity (Wildman–Crippen MR) is 111 cm³/mol. The van der Waals surface area contributed by atoms with Crippen LogP contribution in [-0.2, 0) is 33.1 Å². The summed E-state index contributed by atoms with van der Waals surface area (Å²) < 4.78 is 44.0. The van der Waals surface area contributed by atoms with Gasteiger partial charge < -0.3 is 18.8 Å². The van der Waals surface area contributed by atoms with E-state index in [4.69, 9.17) is 14.2 Å². The Labute approximate surface area is 181 Å². The van der Waals surface area contributed by atoms with Crippen molar-refractivity contribution in [2.24, 2.45) is 0 Å². The Hall–Kier alpha value is -2.85. The number of halogens is 1. The van der Waals surface area contributed by atoms with Gasteiger partial charge in [0.2, 0.25) is 0 Å². The number of hydrogen-bond donors (Lipinski definition) is 0. The van der Waals surface area contributed by atoms with E-state index < -0.39 is 23.1 Å². The second-order valence-electron chi connectivity index (χ2n) is 7.06. The fraction of sp³-hybridized carbons (Fsp3) is 0.381. The third-order valence-electron chi connectivity index (χ3n) is 4.95. The fourth-order valence-electron chi connectivity index (χ4n) is 3.40. The number of methoxy groups -OCH3 is 1. The van der Waals surface area contributed by atoms with Crippen molar-refractivity contribution in [3.05, 3.63) is 47.5 Å². The van der Waals surface area contributed by atoms with Crippen LogP contribution in [0.1, 0.15) is 36.9 Å². The van der Waals surface area contributed by atoms with Crippen molar-refractivity contribution in [3.63, 3.8) is 0 Å². The summed E-state index contributed by atoms with van der Waals surface area (Å²) in [6, 6.07) is 5.93. The number of nitrogens with zero attached hydrogens (tertiary/aromatic N) is 3. The first kappa shape index (κ1) is 21.4. The lowest BCUT2D eigenvalue weighted by Crippen LogP contribution is -2.18. The molecule has 1 saturated carbocycles. The smallest absolute Gasteiger partial charge is 0.510 e. The van der Waals surface area contributed by atoms with Crippen LogP contribution in [0.4, 0.5) is 9.18 Å². The topological polar surface area (TPSA) is 98.5 Å². The summed E-state index contributed by atoms with van der Waals surface area (Å²) in [7, 11) is 1.57. The average Bonchev–Trinajstić information content (AvgIpc) is 3.54. The molecular formula is C21H22FN3O5S. The Morgan fingerprint density at radius 1 is 1.32 bits per heavy atom. The molecule has 8 nitrogen and oxygen atoms in total. The lowest BCUT2D eigenvalue weighted by atomic mass is 10.1. The van der Waals surface area contributed by atoms with Gasteiger partial charge in [-0.15, -0.1) is 0 Å². The summed E-state index contributed by atoms with van der Waals surface area (Å²) in [5.74, 6) is 0.641. The summed E-state index contributed by atoms with van der Waals surface area (Å²) in [6.45, 7) is 1.49. The first-order chi connectivity index (χ1) is 15.0. The van der Waals surface area contributed by atoms with Crippen LogP contribution in [0.3, 0.4) is 0 Å². The van der Waals surface area contributed by atoms with Gasteiger partial charge in [-0.2, -0.15) is 4.98 Å². The Kier molecular flexibility index (Phi) is 6.28. The molecule has 0 radical (unpaired) electrons. The first-order valence-corrected chi connectivity index (χ1v) is 11.2. The minimum absolute atomic E-state index is 0.0505. The van der Waals surface area contributed by atoms with Crippen molar-refractivity contribution in [3.8, 4) is 5.75 Å². The van der Waals surface area contributed by atoms with Gasteiger partial charge in [0, 0.05) is 29.0 Å². The maximum atomic E-state index is 13.8. The zero-order valence-corrected chi connectivity index (χ0v) is 18.0. The Bertz CT molecular complexity index is 1100. The SMILES string of the molecule is CCOC(=O)OCn1c([S+]([O-])Cc2nccc(C3CC3)c2OC)nc2ccc(F)cc21. The first-order valence-electron chi connectivity index (χ1n) is 9.87. The molecule has 2 heterocycles. The van der Waals surface area contributed by atoms with Crippen LogP contribution < -0.4 is 4.74 Å². The minimum atomic E-state index is -1.66. The molecule has 1 unspecified atom stereocenters. The molecule has 0 spiro atoms. The summed E-state index contributed by atoms with van der Waals surface area (Å²) in [5.41, 5.74) is 2.41. The third-order valence-corrected chi connectivity index (χ3v) is 6.21. The molecular weight excluding hydrogens is 425 g/mol. The van der Waals surface area contributed by atoms with E-state index >= 15 is 0 Å². The number of imidazole rings is 1. The van der Waals surface area contributed by atoms with E-state index in [0.717, 1.165) is 18.4 Å². The highest BCUT2D eigenvalue weighted by atomic mass is 32.2. The van der Waals surface area contributed by atoms with Crippen molar-refractivity contribution in [2.45, 2.75) is 43.3 Å². The summed E-state index contributed by atoms with van der Waals surface area (Å²) in [5, 5.41) is 0.144. The highest BCUT2D eigenvalue weighted by Gasteiger charge is 2.31. The lowest BCUT2D eigenvalue weighted by molar-refractivity contribution is 0.0357. The number of carbonyl (C=O) groups excluding carboxylic acids is 1. The molecule has 164 valence electrons. The van der Waals surface area contributed by atoms with Crippen LogP contribution in [0.2, 0.25) is 0 Å². The van der Waals surface area contributed by atoms with E-state index in [2.05, 4.69) is 9.97 Å². The second kappa shape index (κ2) is 9.11. The van der Waals surface area contributed by atoms with Gasteiger partial charge in [-0.05, 0) is 43.9 Å². The van der Waals surface area contributed by atoms with Crippen molar-refractivity contribution in [1.82, 2.24) is 14.5 Å². The highest BCUT2D eigenvalue weighted by Crippen LogP contribution is 2.45. The molecule has 3 aromatic rings. The summed E-state index contributed by atoms with van der Waals surface area (Å²) in [6.07, 6.45) is 2.99. The number of hydrogen-bond acceptors (Lipinski definition) is 7. The lowest BCUT2D eigenvalue weighted by Gasteiger charge is -2.15. The van der Waals surface area contributed by atoms with Crippen LogP contribution in [0.5, 0.6) is 5.75 Å². The van der Waals surface area contributed by atoms with Crippen molar-refractivity contribution in [1.29, 1.82) is 0 Å². The largest absolute Gasteiger partial charge is 0.609 e. The predicted octanol–water partition coefficient (Wildman–Crippen LogP) is 3.89. The Morgan fingerprint density at radius 3 is 2.84 bits per heavy atom. The zero-order valence-electron chi connectivity index (χ0n) is 17.2. The zero-order chi connectivity index (χ0) is 22.0. The number of pyridine rings is 1. The standard InChI is InChI=1S/C21H22FN3O5S/c1-3-29-21(26)30-12-25-18-10-14(22)6-7-16(18)24-20(25)31(27)11-17-19(28-2)15(8-9-23-17)13-4-5-13/h6-10,13H,3-5,11-12H2,1-2H3. The van der Waals surface area contributed by atoms with E-state index in [1.165, 1.54) is 22.8 Å². The maximum Gasteiger partial charge on any atom is 0.510 e. The molecule has 1 aliphatic carbocycles. The monoisotopic (exact) mass is 447 g/mol. The fourth-order valence-corrected chi connectivity index (χ4v) is 4.58. The molecule has 4 rings (SSSR count). The van der Waals surface area contributed by atoms with Gasteiger partial charge in [0.1, 0.15) is 17.3 Å². The average molecular weight is 447 g/mol. The molecule has 1 fully saturated rings. The van der Waals surface area contributed by atoms with Gasteiger partial charge in [0.05, 0.1) is 24.8 Å². The number of benzene rings is 1. The van der Waals surface area contributed by atoms with E-state index in [1.807, 2.05) is 6.07 Å². The molecule has 0 saturated heterocycles. The molecule has 0 bridgehead atoms.